The normalized spacial score (nSPS) is 26.4. The Morgan fingerprint density at radius 1 is 1.33 bits per heavy atom. The number of ether oxygens (including phenoxy) is 1. The molecule has 0 N–H and O–H groups in total. The predicted octanol–water partition coefficient (Wildman–Crippen LogP) is 3.11. The highest BCUT2D eigenvalue weighted by Gasteiger charge is 2.41. The first-order valence-electron chi connectivity index (χ1n) is 6.02. The van der Waals surface area contributed by atoms with E-state index in [4.69, 9.17) is 16.3 Å². The van der Waals surface area contributed by atoms with Gasteiger partial charge < -0.3 is 9.64 Å². The van der Waals surface area contributed by atoms with Gasteiger partial charge in [0.25, 0.3) is 5.91 Å². The second kappa shape index (κ2) is 4.83. The molecule has 2 aliphatic heterocycles. The van der Waals surface area contributed by atoms with Gasteiger partial charge in [-0.3, -0.25) is 4.79 Å². The van der Waals surface area contributed by atoms with Crippen LogP contribution in [-0.4, -0.2) is 36.1 Å². The maximum absolute atomic E-state index is 12.6. The summed E-state index contributed by atoms with van der Waals surface area (Å²) in [6, 6.07) is 5.81. The van der Waals surface area contributed by atoms with Gasteiger partial charge in [-0.1, -0.05) is 27.5 Å². The number of morpholine rings is 1. The molecular weight excluding hydrogens is 318 g/mol. The number of halogens is 2. The molecule has 2 saturated heterocycles. The van der Waals surface area contributed by atoms with Crippen LogP contribution < -0.4 is 0 Å². The van der Waals surface area contributed by atoms with Crippen molar-refractivity contribution < 1.29 is 9.53 Å². The lowest BCUT2D eigenvalue weighted by atomic mass is 10.1. The molecule has 2 fully saturated rings. The van der Waals surface area contributed by atoms with Crippen molar-refractivity contribution in [1.82, 2.24) is 4.90 Å². The summed E-state index contributed by atoms with van der Waals surface area (Å²) in [6.07, 6.45) is 2.06. The summed E-state index contributed by atoms with van der Waals surface area (Å²) in [5.74, 6) is 0.0251. The molecule has 2 atom stereocenters. The molecule has 0 aromatic heterocycles. The Bertz CT molecular complexity index is 478. The van der Waals surface area contributed by atoms with Crippen LogP contribution in [0.4, 0.5) is 0 Å². The van der Waals surface area contributed by atoms with Gasteiger partial charge in [0.1, 0.15) is 0 Å². The minimum Gasteiger partial charge on any atom is -0.377 e. The lowest BCUT2D eigenvalue weighted by Crippen LogP contribution is -2.49. The molecule has 0 aliphatic carbocycles. The molecule has 2 heterocycles. The highest BCUT2D eigenvalue weighted by molar-refractivity contribution is 9.10. The highest BCUT2D eigenvalue weighted by atomic mass is 79.9. The molecule has 18 heavy (non-hydrogen) atoms. The maximum atomic E-state index is 12.6. The van der Waals surface area contributed by atoms with Gasteiger partial charge in [0, 0.05) is 4.47 Å². The number of carbonyl (C=O) groups is 1. The topological polar surface area (TPSA) is 29.5 Å². The van der Waals surface area contributed by atoms with Crippen LogP contribution in [-0.2, 0) is 4.74 Å². The minimum atomic E-state index is 0.0251. The van der Waals surface area contributed by atoms with Crippen LogP contribution in [0.25, 0.3) is 0 Å². The summed E-state index contributed by atoms with van der Waals surface area (Å²) in [5.41, 5.74) is 0.574. The molecule has 3 rings (SSSR count). The van der Waals surface area contributed by atoms with Gasteiger partial charge in [-0.15, -0.1) is 0 Å². The van der Waals surface area contributed by atoms with E-state index >= 15 is 0 Å². The van der Waals surface area contributed by atoms with Crippen molar-refractivity contribution in [3.8, 4) is 0 Å². The van der Waals surface area contributed by atoms with Crippen LogP contribution >= 0.6 is 27.5 Å². The van der Waals surface area contributed by atoms with Gasteiger partial charge in [-0.25, -0.2) is 0 Å². The standard InChI is InChI=1S/C13H13BrClNO2/c14-8-1-4-12(15)11(5-8)13(17)16-9-2-3-10(16)7-18-6-9/h1,4-5,9-10H,2-3,6-7H2/t9-,10-/m1/s1. The Balaban J connectivity index is 1.93. The van der Waals surface area contributed by atoms with E-state index in [0.29, 0.717) is 23.8 Å². The van der Waals surface area contributed by atoms with E-state index in [1.54, 1.807) is 12.1 Å². The molecule has 0 unspecified atom stereocenters. The van der Waals surface area contributed by atoms with E-state index in [1.807, 2.05) is 11.0 Å². The van der Waals surface area contributed by atoms with Gasteiger partial charge in [0.05, 0.1) is 35.9 Å². The summed E-state index contributed by atoms with van der Waals surface area (Å²) in [5, 5.41) is 0.508. The largest absolute Gasteiger partial charge is 0.377 e. The fourth-order valence-electron chi connectivity index (χ4n) is 2.76. The van der Waals surface area contributed by atoms with E-state index in [2.05, 4.69) is 15.9 Å². The number of carbonyl (C=O) groups excluding carboxylic acids is 1. The summed E-state index contributed by atoms with van der Waals surface area (Å²) in [4.78, 5) is 14.6. The van der Waals surface area contributed by atoms with Crippen LogP contribution in [0.1, 0.15) is 23.2 Å². The quantitative estimate of drug-likeness (QED) is 0.792. The summed E-state index contributed by atoms with van der Waals surface area (Å²) in [7, 11) is 0. The fraction of sp³-hybridized carbons (Fsp3) is 0.462. The Kier molecular flexibility index (Phi) is 3.34. The van der Waals surface area contributed by atoms with Gasteiger partial charge in [0.2, 0.25) is 0 Å². The third-order valence-electron chi connectivity index (χ3n) is 3.63. The number of nitrogens with zero attached hydrogens (tertiary/aromatic N) is 1. The Morgan fingerprint density at radius 3 is 2.67 bits per heavy atom. The van der Waals surface area contributed by atoms with Crippen molar-refractivity contribution in [2.45, 2.75) is 24.9 Å². The number of benzene rings is 1. The zero-order chi connectivity index (χ0) is 12.7. The zero-order valence-corrected chi connectivity index (χ0v) is 12.1. The van der Waals surface area contributed by atoms with Gasteiger partial charge in [-0.05, 0) is 31.0 Å². The average molecular weight is 331 g/mol. The molecular formula is C13H13BrClNO2. The Hall–Kier alpha value is -0.580. The van der Waals surface area contributed by atoms with Crippen LogP contribution in [0.5, 0.6) is 0 Å². The van der Waals surface area contributed by atoms with Gasteiger partial charge >= 0.3 is 0 Å². The van der Waals surface area contributed by atoms with Gasteiger partial charge in [0.15, 0.2) is 0 Å². The summed E-state index contributed by atoms with van der Waals surface area (Å²) in [6.45, 7) is 1.29. The second-order valence-electron chi connectivity index (χ2n) is 4.76. The van der Waals surface area contributed by atoms with Crippen LogP contribution in [0.15, 0.2) is 22.7 Å². The fourth-order valence-corrected chi connectivity index (χ4v) is 3.32. The zero-order valence-electron chi connectivity index (χ0n) is 9.73. The molecule has 0 radical (unpaired) electrons. The van der Waals surface area contributed by atoms with Crippen LogP contribution in [0.3, 0.4) is 0 Å². The van der Waals surface area contributed by atoms with Crippen molar-refractivity contribution in [3.05, 3.63) is 33.3 Å². The second-order valence-corrected chi connectivity index (χ2v) is 6.08. The first-order valence-corrected chi connectivity index (χ1v) is 7.19. The third kappa shape index (κ3) is 2.06. The van der Waals surface area contributed by atoms with Crippen LogP contribution in [0.2, 0.25) is 5.02 Å². The van der Waals surface area contributed by atoms with E-state index in [1.165, 1.54) is 0 Å². The first-order chi connectivity index (χ1) is 8.66. The molecule has 5 heteroatoms. The van der Waals surface area contributed by atoms with E-state index < -0.39 is 0 Å². The SMILES string of the molecule is O=C(c1cc(Br)ccc1Cl)N1[C@@H]2CC[C@@H]1COC2. The molecule has 1 aromatic rings. The molecule has 2 bridgehead atoms. The minimum absolute atomic E-state index is 0.0251. The number of hydrogen-bond donors (Lipinski definition) is 0. The van der Waals surface area contributed by atoms with Crippen molar-refractivity contribution >= 4 is 33.4 Å². The maximum Gasteiger partial charge on any atom is 0.256 e. The smallest absolute Gasteiger partial charge is 0.256 e. The monoisotopic (exact) mass is 329 g/mol. The number of fused-ring (bicyclic) bond motifs is 2. The van der Waals surface area contributed by atoms with Gasteiger partial charge in [-0.2, -0.15) is 0 Å². The first kappa shape index (κ1) is 12.5. The van der Waals surface area contributed by atoms with Crippen molar-refractivity contribution in [2.24, 2.45) is 0 Å². The third-order valence-corrected chi connectivity index (χ3v) is 4.46. The Labute approximate surface area is 119 Å². The molecule has 3 nitrogen and oxygen atoms in total. The lowest BCUT2D eigenvalue weighted by Gasteiger charge is -2.34. The highest BCUT2D eigenvalue weighted by Crippen LogP contribution is 2.32. The molecule has 1 amide bonds. The average Bonchev–Trinajstić information content (AvgIpc) is 2.61. The molecule has 96 valence electrons. The van der Waals surface area contributed by atoms with E-state index in [0.717, 1.165) is 17.3 Å². The van der Waals surface area contributed by atoms with E-state index in [9.17, 15) is 4.79 Å². The molecule has 0 spiro atoms. The van der Waals surface area contributed by atoms with Crippen molar-refractivity contribution in [2.75, 3.05) is 13.2 Å². The molecule has 2 aliphatic rings. The Morgan fingerprint density at radius 2 is 2.00 bits per heavy atom. The summed E-state index contributed by atoms with van der Waals surface area (Å²) < 4.78 is 6.36. The number of amides is 1. The number of hydrogen-bond acceptors (Lipinski definition) is 2. The molecule has 0 saturated carbocycles. The lowest BCUT2D eigenvalue weighted by molar-refractivity contribution is -0.00715. The number of rotatable bonds is 1. The summed E-state index contributed by atoms with van der Waals surface area (Å²) >= 11 is 9.51. The van der Waals surface area contributed by atoms with Crippen LogP contribution in [0, 0.1) is 0 Å². The predicted molar refractivity (Wildman–Crippen MR) is 73.0 cm³/mol. The van der Waals surface area contributed by atoms with Crippen molar-refractivity contribution in [3.63, 3.8) is 0 Å². The van der Waals surface area contributed by atoms with E-state index in [-0.39, 0.29) is 18.0 Å². The van der Waals surface area contributed by atoms with Crippen molar-refractivity contribution in [1.29, 1.82) is 0 Å². The molecule has 1 aromatic carbocycles.